The van der Waals surface area contributed by atoms with Gasteiger partial charge in [0, 0.05) is 12.1 Å². The van der Waals surface area contributed by atoms with E-state index in [1.165, 1.54) is 44.9 Å². The second-order valence-electron chi connectivity index (χ2n) is 10.9. The van der Waals surface area contributed by atoms with Gasteiger partial charge in [-0.3, -0.25) is 14.3 Å². The number of carbonyl (C=O) groups excluding carboxylic acids is 2. The molecule has 1 unspecified atom stereocenters. The molecule has 0 radical (unpaired) electrons. The van der Waals surface area contributed by atoms with Crippen LogP contribution in [-0.4, -0.2) is 44.1 Å². The Kier molecular flexibility index (Phi) is 7.26. The first kappa shape index (κ1) is 23.3. The summed E-state index contributed by atoms with van der Waals surface area (Å²) in [7, 11) is 0. The molecule has 2 aliphatic carbocycles. The maximum atomic E-state index is 13.9. The minimum Gasteiger partial charge on any atom is -0.351 e. The zero-order chi connectivity index (χ0) is 22.7. The van der Waals surface area contributed by atoms with Crippen molar-refractivity contribution in [1.82, 2.24) is 20.0 Å². The molecule has 0 aromatic carbocycles. The summed E-state index contributed by atoms with van der Waals surface area (Å²) in [5.41, 5.74) is 0.676. The van der Waals surface area contributed by atoms with Gasteiger partial charge in [-0.2, -0.15) is 5.10 Å². The highest BCUT2D eigenvalue weighted by molar-refractivity contribution is 6.00. The van der Waals surface area contributed by atoms with Crippen LogP contribution in [-0.2, 0) is 11.3 Å². The molecule has 2 fully saturated rings. The van der Waals surface area contributed by atoms with Crippen molar-refractivity contribution in [2.24, 2.45) is 0 Å². The molecule has 2 saturated carbocycles. The number of nitrogens with zero attached hydrogens (tertiary/aromatic N) is 3. The van der Waals surface area contributed by atoms with Gasteiger partial charge in [-0.05, 0) is 44.6 Å². The van der Waals surface area contributed by atoms with Gasteiger partial charge in [-0.25, -0.2) is 0 Å². The fourth-order valence-electron chi connectivity index (χ4n) is 5.93. The lowest BCUT2D eigenvalue weighted by Gasteiger charge is -2.47. The van der Waals surface area contributed by atoms with E-state index in [4.69, 9.17) is 5.10 Å². The van der Waals surface area contributed by atoms with Crippen LogP contribution in [0, 0.1) is 0 Å². The zero-order valence-electron chi connectivity index (χ0n) is 20.4. The zero-order valence-corrected chi connectivity index (χ0v) is 20.4. The number of hydrogen-bond donors (Lipinski definition) is 1. The molecule has 1 N–H and O–H groups in total. The monoisotopic (exact) mass is 442 g/mol. The molecule has 2 amide bonds. The van der Waals surface area contributed by atoms with Gasteiger partial charge in [0.05, 0.1) is 12.2 Å². The lowest BCUT2D eigenvalue weighted by molar-refractivity contribution is -0.135. The van der Waals surface area contributed by atoms with Gasteiger partial charge in [-0.1, -0.05) is 71.6 Å². The predicted molar refractivity (Wildman–Crippen MR) is 127 cm³/mol. The van der Waals surface area contributed by atoms with Gasteiger partial charge in [0.2, 0.25) is 5.91 Å². The number of hydrogen-bond acceptors (Lipinski definition) is 3. The summed E-state index contributed by atoms with van der Waals surface area (Å²) in [5.74, 6) is 0.244. The Labute approximate surface area is 193 Å². The minimum absolute atomic E-state index is 0.00733. The molecule has 178 valence electrons. The molecule has 0 spiro atoms. The summed E-state index contributed by atoms with van der Waals surface area (Å²) in [5, 5.41) is 8.13. The van der Waals surface area contributed by atoms with Gasteiger partial charge in [-0.15, -0.1) is 0 Å². The third kappa shape index (κ3) is 4.74. The molecule has 4 rings (SSSR count). The quantitative estimate of drug-likeness (QED) is 0.654. The lowest BCUT2D eigenvalue weighted by Crippen LogP contribution is -2.67. The van der Waals surface area contributed by atoms with Crippen molar-refractivity contribution in [3.05, 3.63) is 17.5 Å². The molecule has 1 aliphatic heterocycles. The molecule has 6 nitrogen and oxygen atoms in total. The molecule has 6 heteroatoms. The third-order valence-corrected chi connectivity index (χ3v) is 7.94. The van der Waals surface area contributed by atoms with Gasteiger partial charge in [0.15, 0.2) is 0 Å². The van der Waals surface area contributed by atoms with Gasteiger partial charge < -0.3 is 10.2 Å². The van der Waals surface area contributed by atoms with Crippen molar-refractivity contribution < 1.29 is 9.59 Å². The largest absolute Gasteiger partial charge is 0.351 e. The minimum atomic E-state index is -0.901. The molecular formula is C26H42N4O2. The summed E-state index contributed by atoms with van der Waals surface area (Å²) in [6, 6.07) is 2.29. The van der Waals surface area contributed by atoms with E-state index in [1.54, 1.807) is 0 Å². The molecule has 3 aliphatic rings. The van der Waals surface area contributed by atoms with Crippen LogP contribution in [0.1, 0.15) is 126 Å². The number of rotatable bonds is 4. The third-order valence-electron chi connectivity index (χ3n) is 7.94. The average Bonchev–Trinajstić information content (AvgIpc) is 2.98. The molecular weight excluding hydrogens is 400 g/mol. The van der Waals surface area contributed by atoms with Crippen molar-refractivity contribution in [2.75, 3.05) is 0 Å². The van der Waals surface area contributed by atoms with Crippen LogP contribution in [0.3, 0.4) is 0 Å². The average molecular weight is 443 g/mol. The lowest BCUT2D eigenvalue weighted by atomic mass is 9.89. The number of nitrogens with one attached hydrogen (secondary N) is 1. The summed E-state index contributed by atoms with van der Waals surface area (Å²) in [4.78, 5) is 29.7. The molecule has 1 atom stereocenters. The maximum Gasteiger partial charge on any atom is 0.273 e. The Morgan fingerprint density at radius 3 is 2.16 bits per heavy atom. The summed E-state index contributed by atoms with van der Waals surface area (Å²) < 4.78 is 1.81. The Bertz CT molecular complexity index is 801. The van der Waals surface area contributed by atoms with E-state index in [0.717, 1.165) is 44.2 Å². The molecule has 0 saturated heterocycles. The number of fused-ring (bicyclic) bond motifs is 1. The standard InChI is InChI=1S/C26H42N4O2/c1-19(2)22-17-23-24(31)30(21-15-11-7-8-12-16-21)26(3,18-29(23)28-22)25(32)27-20-13-9-5-4-6-10-14-20/h17,19-21H,4-16,18H2,1-3H3,(H,27,32). The highest BCUT2D eigenvalue weighted by atomic mass is 16.2. The van der Waals surface area contributed by atoms with Crippen LogP contribution in [0.25, 0.3) is 0 Å². The smallest absolute Gasteiger partial charge is 0.273 e. The molecule has 2 heterocycles. The first-order valence-corrected chi connectivity index (χ1v) is 13.1. The Morgan fingerprint density at radius 2 is 1.56 bits per heavy atom. The van der Waals surface area contributed by atoms with E-state index >= 15 is 0 Å². The van der Waals surface area contributed by atoms with Gasteiger partial charge in [0.1, 0.15) is 11.2 Å². The van der Waals surface area contributed by atoms with Crippen LogP contribution >= 0.6 is 0 Å². The van der Waals surface area contributed by atoms with Gasteiger partial charge in [0.25, 0.3) is 5.91 Å². The van der Waals surface area contributed by atoms with E-state index in [-0.39, 0.29) is 29.8 Å². The number of aromatic nitrogens is 2. The van der Waals surface area contributed by atoms with Crippen LogP contribution < -0.4 is 5.32 Å². The van der Waals surface area contributed by atoms with E-state index < -0.39 is 5.54 Å². The normalized spacial score (nSPS) is 26.4. The van der Waals surface area contributed by atoms with E-state index in [2.05, 4.69) is 19.2 Å². The fourth-order valence-corrected chi connectivity index (χ4v) is 5.93. The molecule has 32 heavy (non-hydrogen) atoms. The predicted octanol–water partition coefficient (Wildman–Crippen LogP) is 5.17. The van der Waals surface area contributed by atoms with Crippen molar-refractivity contribution in [3.8, 4) is 0 Å². The van der Waals surface area contributed by atoms with Crippen molar-refractivity contribution in [3.63, 3.8) is 0 Å². The highest BCUT2D eigenvalue weighted by Gasteiger charge is 2.50. The van der Waals surface area contributed by atoms with Crippen LogP contribution in [0.5, 0.6) is 0 Å². The Balaban J connectivity index is 1.64. The summed E-state index contributed by atoms with van der Waals surface area (Å²) >= 11 is 0. The van der Waals surface area contributed by atoms with Crippen molar-refractivity contribution in [1.29, 1.82) is 0 Å². The summed E-state index contributed by atoms with van der Waals surface area (Å²) in [6.45, 7) is 6.62. The maximum absolute atomic E-state index is 13.9. The molecule has 1 aromatic rings. The topological polar surface area (TPSA) is 67.2 Å². The summed E-state index contributed by atoms with van der Waals surface area (Å²) in [6.07, 6.45) is 14.9. The Morgan fingerprint density at radius 1 is 1.00 bits per heavy atom. The number of carbonyl (C=O) groups is 2. The van der Waals surface area contributed by atoms with Gasteiger partial charge >= 0.3 is 0 Å². The fraction of sp³-hybridized carbons (Fsp3) is 0.808. The van der Waals surface area contributed by atoms with Crippen LogP contribution in [0.4, 0.5) is 0 Å². The first-order chi connectivity index (χ1) is 15.4. The first-order valence-electron chi connectivity index (χ1n) is 13.1. The van der Waals surface area contributed by atoms with E-state index in [9.17, 15) is 9.59 Å². The van der Waals surface area contributed by atoms with Crippen LogP contribution in [0.15, 0.2) is 6.07 Å². The Hall–Kier alpha value is -1.85. The van der Waals surface area contributed by atoms with Crippen LogP contribution in [0.2, 0.25) is 0 Å². The van der Waals surface area contributed by atoms with Crippen molar-refractivity contribution in [2.45, 2.75) is 134 Å². The van der Waals surface area contributed by atoms with E-state index in [0.29, 0.717) is 12.2 Å². The van der Waals surface area contributed by atoms with Crippen molar-refractivity contribution >= 4 is 11.8 Å². The van der Waals surface area contributed by atoms with E-state index in [1.807, 2.05) is 22.6 Å². The highest BCUT2D eigenvalue weighted by Crippen LogP contribution is 2.35. The SMILES string of the molecule is CC(C)c1cc2n(n1)CC(C)(C(=O)NC1CCCCCCC1)N(C1CCCCCC1)C2=O. The molecule has 0 bridgehead atoms. The second-order valence-corrected chi connectivity index (χ2v) is 10.9. The number of amides is 2. The second kappa shape index (κ2) is 9.96. The molecule has 1 aromatic heterocycles.